The quantitative estimate of drug-likeness (QED) is 0.425. The summed E-state index contributed by atoms with van der Waals surface area (Å²) in [6.07, 6.45) is -0.224. The lowest BCUT2D eigenvalue weighted by Gasteiger charge is -2.13. The van der Waals surface area contributed by atoms with Gasteiger partial charge in [0.15, 0.2) is 5.78 Å². The van der Waals surface area contributed by atoms with E-state index in [1.807, 2.05) is 39.0 Å². The van der Waals surface area contributed by atoms with Gasteiger partial charge in [-0.25, -0.2) is 0 Å². The van der Waals surface area contributed by atoms with E-state index in [0.29, 0.717) is 28.6 Å². The number of ether oxygens (including phenoxy) is 1. The summed E-state index contributed by atoms with van der Waals surface area (Å²) in [6.45, 7) is 6.00. The van der Waals surface area contributed by atoms with Crippen molar-refractivity contribution in [1.29, 1.82) is 0 Å². The Balaban J connectivity index is 1.55. The van der Waals surface area contributed by atoms with E-state index in [9.17, 15) is 9.90 Å². The number of aliphatic hydroxyl groups excluding tert-OH is 1. The second-order valence-electron chi connectivity index (χ2n) is 6.74. The average Bonchev–Trinajstić information content (AvgIpc) is 3.20. The minimum atomic E-state index is -0.694. The van der Waals surface area contributed by atoms with E-state index in [2.05, 4.69) is 15.5 Å². The molecule has 0 unspecified atom stereocenters. The number of rotatable bonds is 9. The maximum absolute atomic E-state index is 11.7. The van der Waals surface area contributed by atoms with E-state index in [0.717, 1.165) is 16.8 Å². The SMILES string of the molecule is CCC(=O)c1ccc(OC[C@H](O)CSc2nnnn2-c2cc(C)ccc2C)cc1. The summed E-state index contributed by atoms with van der Waals surface area (Å²) < 4.78 is 7.31. The largest absolute Gasteiger partial charge is 0.491 e. The van der Waals surface area contributed by atoms with Gasteiger partial charge in [0.1, 0.15) is 12.4 Å². The number of aryl methyl sites for hydroxylation is 2. The highest BCUT2D eigenvalue weighted by Crippen LogP contribution is 2.22. The molecule has 8 heteroatoms. The fourth-order valence-electron chi connectivity index (χ4n) is 2.72. The second kappa shape index (κ2) is 9.67. The van der Waals surface area contributed by atoms with Crippen LogP contribution in [0.4, 0.5) is 0 Å². The van der Waals surface area contributed by atoms with Crippen LogP contribution in [0.5, 0.6) is 5.75 Å². The van der Waals surface area contributed by atoms with E-state index in [-0.39, 0.29) is 12.4 Å². The van der Waals surface area contributed by atoms with Crippen molar-refractivity contribution in [2.75, 3.05) is 12.4 Å². The highest BCUT2D eigenvalue weighted by Gasteiger charge is 2.14. The highest BCUT2D eigenvalue weighted by molar-refractivity contribution is 7.99. The number of tetrazole rings is 1. The van der Waals surface area contributed by atoms with Crippen molar-refractivity contribution < 1.29 is 14.6 Å². The first-order valence-electron chi connectivity index (χ1n) is 9.41. The van der Waals surface area contributed by atoms with Crippen LogP contribution < -0.4 is 4.74 Å². The number of hydrogen-bond donors (Lipinski definition) is 1. The molecule has 7 nitrogen and oxygen atoms in total. The number of aromatic nitrogens is 4. The molecule has 0 spiro atoms. The van der Waals surface area contributed by atoms with Crippen LogP contribution in [0.25, 0.3) is 5.69 Å². The Morgan fingerprint density at radius 2 is 1.97 bits per heavy atom. The minimum absolute atomic E-state index is 0.0922. The number of thioether (sulfide) groups is 1. The predicted molar refractivity (Wildman–Crippen MR) is 112 cm³/mol. The molecule has 1 atom stereocenters. The van der Waals surface area contributed by atoms with Crippen LogP contribution in [-0.4, -0.2) is 49.6 Å². The van der Waals surface area contributed by atoms with Gasteiger partial charge in [0.25, 0.3) is 0 Å². The van der Waals surface area contributed by atoms with Gasteiger partial charge in [-0.15, -0.1) is 5.10 Å². The number of nitrogens with zero attached hydrogens (tertiary/aromatic N) is 4. The molecule has 3 rings (SSSR count). The summed E-state index contributed by atoms with van der Waals surface area (Å²) in [5, 5.41) is 22.8. The van der Waals surface area contributed by atoms with E-state index in [1.165, 1.54) is 11.8 Å². The maximum Gasteiger partial charge on any atom is 0.214 e. The van der Waals surface area contributed by atoms with Crippen LogP contribution in [0.3, 0.4) is 0 Å². The van der Waals surface area contributed by atoms with Gasteiger partial charge in [0.2, 0.25) is 5.16 Å². The Morgan fingerprint density at radius 1 is 1.21 bits per heavy atom. The zero-order valence-corrected chi connectivity index (χ0v) is 17.5. The number of Topliss-reactive ketones (excluding diaryl/α,β-unsaturated/α-hetero) is 1. The predicted octanol–water partition coefficient (Wildman–Crippen LogP) is 3.40. The molecule has 0 aliphatic rings. The smallest absolute Gasteiger partial charge is 0.214 e. The third-order valence-electron chi connectivity index (χ3n) is 4.38. The van der Waals surface area contributed by atoms with Gasteiger partial charge in [-0.2, -0.15) is 4.68 Å². The van der Waals surface area contributed by atoms with Crippen molar-refractivity contribution in [1.82, 2.24) is 20.2 Å². The van der Waals surface area contributed by atoms with Gasteiger partial charge in [0, 0.05) is 17.7 Å². The molecule has 0 aliphatic heterocycles. The second-order valence-corrected chi connectivity index (χ2v) is 7.73. The fourth-order valence-corrected chi connectivity index (χ4v) is 3.51. The third-order valence-corrected chi connectivity index (χ3v) is 5.44. The lowest BCUT2D eigenvalue weighted by Crippen LogP contribution is -2.20. The van der Waals surface area contributed by atoms with Gasteiger partial charge in [-0.1, -0.05) is 30.8 Å². The summed E-state index contributed by atoms with van der Waals surface area (Å²) in [4.78, 5) is 11.7. The van der Waals surface area contributed by atoms with E-state index in [4.69, 9.17) is 4.74 Å². The molecule has 2 aromatic carbocycles. The standard InChI is InChI=1S/C21H24N4O3S/c1-4-20(27)16-7-9-18(10-8-16)28-12-17(26)13-29-21-22-23-24-25(21)19-11-14(2)5-6-15(19)3/h5-11,17,26H,4,12-13H2,1-3H3/t17-/m0/s1. The molecule has 1 N–H and O–H groups in total. The molecule has 152 valence electrons. The number of carbonyl (C=O) groups excluding carboxylic acids is 1. The van der Waals surface area contributed by atoms with Crippen LogP contribution in [0.1, 0.15) is 34.8 Å². The van der Waals surface area contributed by atoms with E-state index < -0.39 is 6.10 Å². The van der Waals surface area contributed by atoms with Crippen LogP contribution in [0.2, 0.25) is 0 Å². The zero-order valence-electron chi connectivity index (χ0n) is 16.7. The molecular formula is C21H24N4O3S. The lowest BCUT2D eigenvalue weighted by atomic mass is 10.1. The van der Waals surface area contributed by atoms with Gasteiger partial charge >= 0.3 is 0 Å². The van der Waals surface area contributed by atoms with E-state index >= 15 is 0 Å². The van der Waals surface area contributed by atoms with Crippen molar-refractivity contribution in [3.05, 3.63) is 59.2 Å². The van der Waals surface area contributed by atoms with Crippen LogP contribution in [0.15, 0.2) is 47.6 Å². The molecule has 0 saturated carbocycles. The lowest BCUT2D eigenvalue weighted by molar-refractivity contribution is 0.0987. The van der Waals surface area contributed by atoms with Crippen molar-refractivity contribution >= 4 is 17.5 Å². The molecule has 1 aromatic heterocycles. The molecule has 1 heterocycles. The molecule has 3 aromatic rings. The summed E-state index contributed by atoms with van der Waals surface area (Å²) in [7, 11) is 0. The first-order valence-corrected chi connectivity index (χ1v) is 10.4. The minimum Gasteiger partial charge on any atom is -0.491 e. The molecule has 0 bridgehead atoms. The topological polar surface area (TPSA) is 90.1 Å². The van der Waals surface area contributed by atoms with Crippen molar-refractivity contribution in [2.24, 2.45) is 0 Å². The summed E-state index contributed by atoms with van der Waals surface area (Å²) in [6, 6.07) is 13.1. The Morgan fingerprint density at radius 3 is 2.69 bits per heavy atom. The summed E-state index contributed by atoms with van der Waals surface area (Å²) in [5.74, 6) is 1.09. The van der Waals surface area contributed by atoms with Gasteiger partial charge < -0.3 is 9.84 Å². The van der Waals surface area contributed by atoms with Gasteiger partial charge in [-0.05, 0) is 65.7 Å². The average molecular weight is 413 g/mol. The Kier molecular flexibility index (Phi) is 7.00. The number of carbonyl (C=O) groups is 1. The maximum atomic E-state index is 11.7. The Bertz CT molecular complexity index is 972. The molecule has 0 saturated heterocycles. The molecule has 0 aliphatic carbocycles. The molecule has 29 heavy (non-hydrogen) atoms. The number of aliphatic hydroxyl groups is 1. The molecular weight excluding hydrogens is 388 g/mol. The van der Waals surface area contributed by atoms with Crippen LogP contribution in [-0.2, 0) is 0 Å². The number of hydrogen-bond acceptors (Lipinski definition) is 7. The van der Waals surface area contributed by atoms with E-state index in [1.54, 1.807) is 28.9 Å². The van der Waals surface area contributed by atoms with Crippen LogP contribution in [0, 0.1) is 13.8 Å². The zero-order chi connectivity index (χ0) is 20.8. The Hall–Kier alpha value is -2.71. The van der Waals surface area contributed by atoms with Crippen LogP contribution >= 0.6 is 11.8 Å². The third kappa shape index (κ3) is 5.42. The first-order chi connectivity index (χ1) is 14.0. The Labute approximate surface area is 174 Å². The van der Waals surface area contributed by atoms with Crippen molar-refractivity contribution in [3.8, 4) is 11.4 Å². The molecule has 0 fully saturated rings. The van der Waals surface area contributed by atoms with Crippen molar-refractivity contribution in [3.63, 3.8) is 0 Å². The monoisotopic (exact) mass is 412 g/mol. The summed E-state index contributed by atoms with van der Waals surface area (Å²) >= 11 is 1.37. The normalized spacial score (nSPS) is 12.0. The molecule has 0 amide bonds. The first kappa shape index (κ1) is 21.0. The van der Waals surface area contributed by atoms with Crippen molar-refractivity contribution in [2.45, 2.75) is 38.5 Å². The van der Waals surface area contributed by atoms with Gasteiger partial charge in [-0.3, -0.25) is 4.79 Å². The summed E-state index contributed by atoms with van der Waals surface area (Å²) in [5.41, 5.74) is 3.77. The molecule has 0 radical (unpaired) electrons. The van der Waals surface area contributed by atoms with Gasteiger partial charge in [0.05, 0.1) is 11.8 Å². The number of ketones is 1. The number of benzene rings is 2. The fraction of sp³-hybridized carbons (Fsp3) is 0.333. The highest BCUT2D eigenvalue weighted by atomic mass is 32.2.